The van der Waals surface area contributed by atoms with Gasteiger partial charge in [0.1, 0.15) is 5.75 Å². The van der Waals surface area contributed by atoms with Gasteiger partial charge in [-0.25, -0.2) is 0 Å². The molecule has 0 saturated carbocycles. The molecule has 0 aromatic heterocycles. The third-order valence-corrected chi connectivity index (χ3v) is 2.20. The first-order valence-electron chi connectivity index (χ1n) is 5.53. The minimum Gasteiger partial charge on any atom is -0.406 e. The summed E-state index contributed by atoms with van der Waals surface area (Å²) in [6.07, 6.45) is -2.66. The van der Waals surface area contributed by atoms with E-state index < -0.39 is 6.36 Å². The van der Waals surface area contributed by atoms with Gasteiger partial charge in [0.15, 0.2) is 0 Å². The van der Waals surface area contributed by atoms with Gasteiger partial charge in [-0.05, 0) is 25.5 Å². The maximum absolute atomic E-state index is 12.0. The standard InChI is InChI=1S/C12H16F3NO/c1-3-5-9(2)16-10-6-4-7-11(8-10)17-12(13,14)15/h4,6-9,16H,3,5H2,1-2H3. The lowest BCUT2D eigenvalue weighted by atomic mass is 10.2. The Morgan fingerprint density at radius 2 is 2.06 bits per heavy atom. The number of ether oxygens (including phenoxy) is 1. The molecular formula is C12H16F3NO. The minimum absolute atomic E-state index is 0.203. The van der Waals surface area contributed by atoms with Crippen LogP contribution in [0.2, 0.25) is 0 Å². The van der Waals surface area contributed by atoms with Crippen LogP contribution in [0.3, 0.4) is 0 Å². The summed E-state index contributed by atoms with van der Waals surface area (Å²) in [5, 5.41) is 3.12. The summed E-state index contributed by atoms with van der Waals surface area (Å²) in [7, 11) is 0. The summed E-state index contributed by atoms with van der Waals surface area (Å²) in [5.41, 5.74) is 0.632. The summed E-state index contributed by atoms with van der Waals surface area (Å²) in [5.74, 6) is -0.203. The van der Waals surface area contributed by atoms with Crippen LogP contribution in [0.5, 0.6) is 5.75 Å². The number of nitrogens with one attached hydrogen (secondary N) is 1. The van der Waals surface area contributed by atoms with Crippen LogP contribution in [0.25, 0.3) is 0 Å². The molecule has 1 aromatic rings. The normalized spacial score (nSPS) is 13.2. The Kier molecular flexibility index (Phi) is 4.66. The number of halogens is 3. The fraction of sp³-hybridized carbons (Fsp3) is 0.500. The molecule has 0 saturated heterocycles. The van der Waals surface area contributed by atoms with Crippen LogP contribution in [0.4, 0.5) is 18.9 Å². The largest absolute Gasteiger partial charge is 0.573 e. The molecule has 2 nitrogen and oxygen atoms in total. The van der Waals surface area contributed by atoms with Gasteiger partial charge in [0, 0.05) is 17.8 Å². The molecule has 1 aromatic carbocycles. The van der Waals surface area contributed by atoms with E-state index in [1.807, 2.05) is 6.92 Å². The van der Waals surface area contributed by atoms with Crippen LogP contribution < -0.4 is 10.1 Å². The molecule has 0 bridgehead atoms. The van der Waals surface area contributed by atoms with Gasteiger partial charge in [0.2, 0.25) is 0 Å². The van der Waals surface area contributed by atoms with Crippen molar-refractivity contribution >= 4 is 5.69 Å². The highest BCUT2D eigenvalue weighted by Crippen LogP contribution is 2.25. The van der Waals surface area contributed by atoms with E-state index in [-0.39, 0.29) is 11.8 Å². The minimum atomic E-state index is -4.65. The smallest absolute Gasteiger partial charge is 0.406 e. The van der Waals surface area contributed by atoms with Crippen molar-refractivity contribution in [1.29, 1.82) is 0 Å². The SMILES string of the molecule is CCCC(C)Nc1cccc(OC(F)(F)F)c1. The lowest BCUT2D eigenvalue weighted by molar-refractivity contribution is -0.274. The van der Waals surface area contributed by atoms with Gasteiger partial charge < -0.3 is 10.1 Å². The Bertz CT molecular complexity index is 352. The second-order valence-electron chi connectivity index (χ2n) is 3.91. The zero-order valence-corrected chi connectivity index (χ0v) is 9.84. The van der Waals surface area contributed by atoms with E-state index in [9.17, 15) is 13.2 Å². The molecule has 0 amide bonds. The molecule has 0 aliphatic rings. The van der Waals surface area contributed by atoms with Crippen molar-refractivity contribution in [3.8, 4) is 5.75 Å². The highest BCUT2D eigenvalue weighted by Gasteiger charge is 2.31. The van der Waals surface area contributed by atoms with E-state index in [1.165, 1.54) is 18.2 Å². The number of anilines is 1. The molecule has 1 atom stereocenters. The maximum atomic E-state index is 12.0. The lowest BCUT2D eigenvalue weighted by Crippen LogP contribution is -2.18. The lowest BCUT2D eigenvalue weighted by Gasteiger charge is -2.15. The van der Waals surface area contributed by atoms with E-state index in [4.69, 9.17) is 0 Å². The van der Waals surface area contributed by atoms with Crippen molar-refractivity contribution < 1.29 is 17.9 Å². The topological polar surface area (TPSA) is 21.3 Å². The molecule has 0 heterocycles. The van der Waals surface area contributed by atoms with Crippen LogP contribution in [-0.2, 0) is 0 Å². The molecule has 0 spiro atoms. The van der Waals surface area contributed by atoms with E-state index in [0.29, 0.717) is 5.69 Å². The summed E-state index contributed by atoms with van der Waals surface area (Å²) in [6, 6.07) is 6.10. The van der Waals surface area contributed by atoms with Gasteiger partial charge in [-0.3, -0.25) is 0 Å². The van der Waals surface area contributed by atoms with E-state index >= 15 is 0 Å². The van der Waals surface area contributed by atoms with Crippen molar-refractivity contribution in [3.05, 3.63) is 24.3 Å². The molecule has 1 N–H and O–H groups in total. The Hall–Kier alpha value is -1.39. The van der Waals surface area contributed by atoms with Crippen molar-refractivity contribution in [2.75, 3.05) is 5.32 Å². The molecule has 17 heavy (non-hydrogen) atoms. The zero-order valence-electron chi connectivity index (χ0n) is 9.84. The molecule has 0 aliphatic heterocycles. The number of hydrogen-bond acceptors (Lipinski definition) is 2. The van der Waals surface area contributed by atoms with Crippen LogP contribution in [0.1, 0.15) is 26.7 Å². The van der Waals surface area contributed by atoms with E-state index in [1.54, 1.807) is 6.07 Å². The zero-order chi connectivity index (χ0) is 12.9. The number of alkyl halides is 3. The Morgan fingerprint density at radius 3 is 2.65 bits per heavy atom. The molecular weight excluding hydrogens is 231 g/mol. The third-order valence-electron chi connectivity index (χ3n) is 2.20. The quantitative estimate of drug-likeness (QED) is 0.842. The first-order chi connectivity index (χ1) is 7.90. The Balaban J connectivity index is 2.66. The second kappa shape index (κ2) is 5.80. The van der Waals surface area contributed by atoms with Gasteiger partial charge in [-0.15, -0.1) is 13.2 Å². The Labute approximate surface area is 98.8 Å². The molecule has 0 fully saturated rings. The van der Waals surface area contributed by atoms with Crippen LogP contribution in [-0.4, -0.2) is 12.4 Å². The first kappa shape index (κ1) is 13.7. The second-order valence-corrected chi connectivity index (χ2v) is 3.91. The summed E-state index contributed by atoms with van der Waals surface area (Å²) in [4.78, 5) is 0. The number of hydrogen-bond donors (Lipinski definition) is 1. The molecule has 1 rings (SSSR count). The Morgan fingerprint density at radius 1 is 1.35 bits per heavy atom. The van der Waals surface area contributed by atoms with Crippen molar-refractivity contribution in [3.63, 3.8) is 0 Å². The van der Waals surface area contributed by atoms with Crippen molar-refractivity contribution in [2.45, 2.75) is 39.1 Å². The average Bonchev–Trinajstić information content (AvgIpc) is 2.15. The molecule has 0 radical (unpaired) electrons. The predicted molar refractivity (Wildman–Crippen MR) is 61.1 cm³/mol. The molecule has 0 aliphatic carbocycles. The highest BCUT2D eigenvalue weighted by molar-refractivity contribution is 5.48. The average molecular weight is 247 g/mol. The van der Waals surface area contributed by atoms with Crippen LogP contribution in [0.15, 0.2) is 24.3 Å². The molecule has 1 unspecified atom stereocenters. The first-order valence-corrected chi connectivity index (χ1v) is 5.53. The number of rotatable bonds is 5. The van der Waals surface area contributed by atoms with Crippen LogP contribution >= 0.6 is 0 Å². The summed E-state index contributed by atoms with van der Waals surface area (Å²) in [6.45, 7) is 4.04. The van der Waals surface area contributed by atoms with Crippen LogP contribution in [0, 0.1) is 0 Å². The van der Waals surface area contributed by atoms with Gasteiger partial charge >= 0.3 is 6.36 Å². The maximum Gasteiger partial charge on any atom is 0.573 e. The van der Waals surface area contributed by atoms with Gasteiger partial charge in [-0.2, -0.15) is 0 Å². The predicted octanol–water partition coefficient (Wildman–Crippen LogP) is 4.19. The van der Waals surface area contributed by atoms with Gasteiger partial charge in [0.25, 0.3) is 0 Å². The van der Waals surface area contributed by atoms with E-state index in [2.05, 4.69) is 17.0 Å². The van der Waals surface area contributed by atoms with Crippen molar-refractivity contribution in [2.24, 2.45) is 0 Å². The molecule has 5 heteroatoms. The number of benzene rings is 1. The monoisotopic (exact) mass is 247 g/mol. The fourth-order valence-corrected chi connectivity index (χ4v) is 1.57. The van der Waals surface area contributed by atoms with Gasteiger partial charge in [0.05, 0.1) is 0 Å². The third kappa shape index (κ3) is 5.47. The highest BCUT2D eigenvalue weighted by atomic mass is 19.4. The molecule has 96 valence electrons. The van der Waals surface area contributed by atoms with E-state index in [0.717, 1.165) is 12.8 Å². The fourth-order valence-electron chi connectivity index (χ4n) is 1.57. The van der Waals surface area contributed by atoms with Gasteiger partial charge in [-0.1, -0.05) is 19.4 Å². The van der Waals surface area contributed by atoms with Crippen molar-refractivity contribution in [1.82, 2.24) is 0 Å². The summed E-state index contributed by atoms with van der Waals surface area (Å²) < 4.78 is 39.9. The summed E-state index contributed by atoms with van der Waals surface area (Å²) >= 11 is 0.